The summed E-state index contributed by atoms with van der Waals surface area (Å²) in [5, 5.41) is 13.4. The maximum atomic E-state index is 9.48. The first-order valence-corrected chi connectivity index (χ1v) is 6.26. The topological polar surface area (TPSA) is 72.0 Å². The molecule has 0 radical (unpaired) electrons. The number of hydrogen-bond donors (Lipinski definition) is 1. The molecule has 2 aromatic heterocycles. The summed E-state index contributed by atoms with van der Waals surface area (Å²) in [4.78, 5) is 8.60. The molecule has 0 atom stereocenters. The summed E-state index contributed by atoms with van der Waals surface area (Å²) < 4.78 is 5.31. The van der Waals surface area contributed by atoms with Gasteiger partial charge >= 0.3 is 0 Å². The van der Waals surface area contributed by atoms with E-state index in [0.29, 0.717) is 11.7 Å². The Hall–Kier alpha value is -1.75. The molecule has 1 aliphatic rings. The number of aliphatic hydroxyl groups is 1. The second-order valence-electron chi connectivity index (χ2n) is 4.68. The van der Waals surface area contributed by atoms with Crippen molar-refractivity contribution in [3.05, 3.63) is 30.3 Å². The first kappa shape index (κ1) is 11.3. The zero-order chi connectivity index (χ0) is 12.4. The Labute approximate surface area is 105 Å². The second-order valence-corrected chi connectivity index (χ2v) is 4.68. The Bertz CT molecular complexity index is 504. The van der Waals surface area contributed by atoms with E-state index in [-0.39, 0.29) is 12.0 Å². The van der Waals surface area contributed by atoms with Gasteiger partial charge in [-0.05, 0) is 37.8 Å². The Morgan fingerprint density at radius 2 is 2.00 bits per heavy atom. The van der Waals surface area contributed by atoms with Crippen LogP contribution in [-0.4, -0.2) is 26.3 Å². The Morgan fingerprint density at radius 1 is 1.17 bits per heavy atom. The van der Waals surface area contributed by atoms with Gasteiger partial charge in [0.25, 0.3) is 0 Å². The van der Waals surface area contributed by atoms with E-state index in [1.165, 1.54) is 0 Å². The number of rotatable bonds is 2. The van der Waals surface area contributed by atoms with E-state index in [1.54, 1.807) is 6.20 Å². The van der Waals surface area contributed by atoms with Crippen molar-refractivity contribution in [3.63, 3.8) is 0 Å². The predicted octanol–water partition coefficient (Wildman–Crippen LogP) is 2.15. The average Bonchev–Trinajstić information content (AvgIpc) is 2.90. The molecule has 2 heterocycles. The van der Waals surface area contributed by atoms with Crippen LogP contribution in [0.25, 0.3) is 11.5 Å². The molecule has 18 heavy (non-hydrogen) atoms. The molecule has 5 nitrogen and oxygen atoms in total. The highest BCUT2D eigenvalue weighted by Crippen LogP contribution is 2.32. The number of hydrogen-bond acceptors (Lipinski definition) is 5. The van der Waals surface area contributed by atoms with Crippen LogP contribution >= 0.6 is 0 Å². The van der Waals surface area contributed by atoms with Crippen molar-refractivity contribution in [2.24, 2.45) is 0 Å². The van der Waals surface area contributed by atoms with Crippen molar-refractivity contribution in [3.8, 4) is 11.5 Å². The van der Waals surface area contributed by atoms with E-state index in [9.17, 15) is 5.11 Å². The van der Waals surface area contributed by atoms with Gasteiger partial charge in [0.05, 0.1) is 6.10 Å². The number of aliphatic hydroxyl groups excluding tert-OH is 1. The molecule has 94 valence electrons. The minimum absolute atomic E-state index is 0.167. The van der Waals surface area contributed by atoms with E-state index in [0.717, 1.165) is 31.4 Å². The molecule has 0 bridgehead atoms. The van der Waals surface area contributed by atoms with Crippen LogP contribution in [-0.2, 0) is 0 Å². The fourth-order valence-corrected chi connectivity index (χ4v) is 2.32. The summed E-state index contributed by atoms with van der Waals surface area (Å²) in [6, 6.07) is 5.61. The van der Waals surface area contributed by atoms with Crippen molar-refractivity contribution < 1.29 is 9.63 Å². The molecule has 1 saturated carbocycles. The lowest BCUT2D eigenvalue weighted by atomic mass is 9.87. The van der Waals surface area contributed by atoms with Crippen LogP contribution in [0.3, 0.4) is 0 Å². The van der Waals surface area contributed by atoms with Gasteiger partial charge in [0.15, 0.2) is 0 Å². The third-order valence-corrected chi connectivity index (χ3v) is 3.38. The van der Waals surface area contributed by atoms with Crippen molar-refractivity contribution in [1.29, 1.82) is 0 Å². The summed E-state index contributed by atoms with van der Waals surface area (Å²) in [5.74, 6) is 1.48. The molecule has 2 aromatic rings. The lowest BCUT2D eigenvalue weighted by molar-refractivity contribution is 0.116. The van der Waals surface area contributed by atoms with Gasteiger partial charge in [-0.2, -0.15) is 4.98 Å². The van der Waals surface area contributed by atoms with Crippen LogP contribution in [0, 0.1) is 0 Å². The van der Waals surface area contributed by atoms with E-state index in [1.807, 2.05) is 18.2 Å². The molecule has 1 aliphatic carbocycles. The summed E-state index contributed by atoms with van der Waals surface area (Å²) in [6.07, 6.45) is 4.98. The van der Waals surface area contributed by atoms with Gasteiger partial charge in [0.2, 0.25) is 11.7 Å². The molecule has 3 rings (SSSR count). The molecule has 1 N–H and O–H groups in total. The summed E-state index contributed by atoms with van der Waals surface area (Å²) >= 11 is 0. The SMILES string of the molecule is OC1CCC(c2nc(-c3ccccn3)no2)CC1. The lowest BCUT2D eigenvalue weighted by Gasteiger charge is -2.22. The van der Waals surface area contributed by atoms with Crippen LogP contribution < -0.4 is 0 Å². The van der Waals surface area contributed by atoms with Crippen LogP contribution in [0.15, 0.2) is 28.9 Å². The monoisotopic (exact) mass is 245 g/mol. The average molecular weight is 245 g/mol. The zero-order valence-corrected chi connectivity index (χ0v) is 9.99. The van der Waals surface area contributed by atoms with Crippen molar-refractivity contribution in [2.45, 2.75) is 37.7 Å². The first-order chi connectivity index (χ1) is 8.83. The minimum Gasteiger partial charge on any atom is -0.393 e. The predicted molar refractivity (Wildman–Crippen MR) is 64.7 cm³/mol. The van der Waals surface area contributed by atoms with Gasteiger partial charge in [-0.25, -0.2) is 0 Å². The number of pyridine rings is 1. The van der Waals surface area contributed by atoms with E-state index in [4.69, 9.17) is 4.52 Å². The highest BCUT2D eigenvalue weighted by molar-refractivity contribution is 5.47. The summed E-state index contributed by atoms with van der Waals surface area (Å²) in [5.41, 5.74) is 0.725. The number of nitrogens with zero attached hydrogens (tertiary/aromatic N) is 3. The molecule has 0 aromatic carbocycles. The molecule has 0 spiro atoms. The van der Waals surface area contributed by atoms with Crippen molar-refractivity contribution in [2.75, 3.05) is 0 Å². The summed E-state index contributed by atoms with van der Waals surface area (Å²) in [6.45, 7) is 0. The fourth-order valence-electron chi connectivity index (χ4n) is 2.32. The highest BCUT2D eigenvalue weighted by atomic mass is 16.5. The molecule has 0 saturated heterocycles. The normalized spacial score (nSPS) is 24.1. The third-order valence-electron chi connectivity index (χ3n) is 3.38. The maximum Gasteiger partial charge on any atom is 0.230 e. The lowest BCUT2D eigenvalue weighted by Crippen LogP contribution is -2.17. The zero-order valence-electron chi connectivity index (χ0n) is 9.99. The standard InChI is InChI=1S/C13H15N3O2/c17-10-6-4-9(5-7-10)13-15-12(16-18-13)11-3-1-2-8-14-11/h1-3,8-10,17H,4-7H2. The largest absolute Gasteiger partial charge is 0.393 e. The van der Waals surface area contributed by atoms with Crippen molar-refractivity contribution >= 4 is 0 Å². The summed E-state index contributed by atoms with van der Waals surface area (Å²) in [7, 11) is 0. The Balaban J connectivity index is 1.78. The molecular formula is C13H15N3O2. The van der Waals surface area contributed by atoms with E-state index >= 15 is 0 Å². The van der Waals surface area contributed by atoms with Crippen LogP contribution in [0.1, 0.15) is 37.5 Å². The maximum absolute atomic E-state index is 9.48. The van der Waals surface area contributed by atoms with Gasteiger partial charge in [-0.15, -0.1) is 0 Å². The van der Waals surface area contributed by atoms with Gasteiger partial charge in [0.1, 0.15) is 5.69 Å². The fraction of sp³-hybridized carbons (Fsp3) is 0.462. The highest BCUT2D eigenvalue weighted by Gasteiger charge is 2.25. The van der Waals surface area contributed by atoms with Crippen molar-refractivity contribution in [1.82, 2.24) is 15.1 Å². The molecular weight excluding hydrogens is 230 g/mol. The molecule has 1 fully saturated rings. The van der Waals surface area contributed by atoms with Gasteiger partial charge < -0.3 is 9.63 Å². The van der Waals surface area contributed by atoms with E-state index < -0.39 is 0 Å². The van der Waals surface area contributed by atoms with E-state index in [2.05, 4.69) is 15.1 Å². The first-order valence-electron chi connectivity index (χ1n) is 6.26. The minimum atomic E-state index is -0.167. The molecule has 0 unspecified atom stereocenters. The second kappa shape index (κ2) is 4.86. The molecule has 0 amide bonds. The van der Waals surface area contributed by atoms with Crippen LogP contribution in [0.4, 0.5) is 0 Å². The number of aromatic nitrogens is 3. The Morgan fingerprint density at radius 3 is 2.72 bits per heavy atom. The van der Waals surface area contributed by atoms with Gasteiger partial charge in [-0.3, -0.25) is 4.98 Å². The van der Waals surface area contributed by atoms with Gasteiger partial charge in [-0.1, -0.05) is 11.2 Å². The quantitative estimate of drug-likeness (QED) is 0.877. The third kappa shape index (κ3) is 2.26. The van der Waals surface area contributed by atoms with Crippen LogP contribution in [0.5, 0.6) is 0 Å². The van der Waals surface area contributed by atoms with Crippen LogP contribution in [0.2, 0.25) is 0 Å². The molecule has 5 heteroatoms. The Kier molecular flexibility index (Phi) is 3.06. The van der Waals surface area contributed by atoms with Gasteiger partial charge in [0, 0.05) is 12.1 Å². The smallest absolute Gasteiger partial charge is 0.230 e. The molecule has 0 aliphatic heterocycles.